The molecule has 2 aromatic carbocycles. The van der Waals surface area contributed by atoms with Crippen molar-refractivity contribution in [1.29, 1.82) is 0 Å². The molecule has 5 heterocycles. The van der Waals surface area contributed by atoms with Crippen LogP contribution in [0.4, 0.5) is 14.9 Å². The number of hydrogen-bond donors (Lipinski definition) is 4. The first-order valence-corrected chi connectivity index (χ1v) is 18.1. The molecule has 7 rings (SSSR count). The molecule has 260 valence electrons. The molecule has 0 bridgehead atoms. The van der Waals surface area contributed by atoms with Gasteiger partial charge in [-0.2, -0.15) is 0 Å². The van der Waals surface area contributed by atoms with Crippen molar-refractivity contribution in [3.63, 3.8) is 0 Å². The maximum Gasteiger partial charge on any atom is 0.321 e. The zero-order valence-electron chi connectivity index (χ0n) is 29.1. The first kappa shape index (κ1) is 33.6. The Hall–Kier alpha value is -3.86. The highest BCUT2D eigenvalue weighted by Crippen LogP contribution is 2.40. The van der Waals surface area contributed by atoms with Crippen LogP contribution in [0.15, 0.2) is 48.8 Å². The van der Waals surface area contributed by atoms with Gasteiger partial charge in [0.05, 0.1) is 11.8 Å². The number of aromatic nitrogens is 3. The molecular weight excluding hydrogens is 617 g/mol. The van der Waals surface area contributed by atoms with Gasteiger partial charge in [-0.15, -0.1) is 0 Å². The van der Waals surface area contributed by atoms with Crippen LogP contribution in [0.5, 0.6) is 0 Å². The zero-order valence-corrected chi connectivity index (χ0v) is 29.1. The van der Waals surface area contributed by atoms with Gasteiger partial charge in [-0.3, -0.25) is 0 Å². The summed E-state index contributed by atoms with van der Waals surface area (Å²) in [7, 11) is 0. The first-order chi connectivity index (χ1) is 23.7. The van der Waals surface area contributed by atoms with Crippen LogP contribution >= 0.6 is 0 Å². The number of benzene rings is 2. The highest BCUT2D eigenvalue weighted by Gasteiger charge is 2.36. The van der Waals surface area contributed by atoms with Crippen molar-refractivity contribution in [2.75, 3.05) is 51.1 Å². The Bertz CT molecular complexity index is 1770. The number of carbonyl (C=O) groups excluding carboxylic acids is 1. The van der Waals surface area contributed by atoms with Gasteiger partial charge in [0.25, 0.3) is 0 Å². The van der Waals surface area contributed by atoms with Crippen LogP contribution in [0.1, 0.15) is 57.1 Å². The SMILES string of the molecule is Cc1c(NC(=O)N2C[C@@H](CC(C)C)[C@@H](O)C2)cc(F)cc1-c1ncnc2[nH]c(-c3ccc(CCN4CCC5(CCNCC5)CC4)cc3)cc12. The number of hydrogen-bond acceptors (Lipinski definition) is 6. The summed E-state index contributed by atoms with van der Waals surface area (Å²) in [5, 5.41) is 17.7. The van der Waals surface area contributed by atoms with Crippen LogP contribution in [-0.4, -0.2) is 87.8 Å². The summed E-state index contributed by atoms with van der Waals surface area (Å²) in [5.41, 5.74) is 6.81. The molecule has 4 aromatic rings. The predicted molar refractivity (Wildman–Crippen MR) is 193 cm³/mol. The number of rotatable bonds is 8. The third-order valence-electron chi connectivity index (χ3n) is 11.3. The molecule has 3 fully saturated rings. The number of amides is 2. The summed E-state index contributed by atoms with van der Waals surface area (Å²) in [4.78, 5) is 30.0. The molecule has 3 saturated heterocycles. The number of fused-ring (bicyclic) bond motifs is 1. The number of aliphatic hydroxyl groups excluding tert-OH is 1. The number of urea groups is 1. The molecule has 4 N–H and O–H groups in total. The fourth-order valence-corrected chi connectivity index (χ4v) is 8.26. The smallest absolute Gasteiger partial charge is 0.321 e. The molecule has 3 aliphatic heterocycles. The molecule has 3 aliphatic rings. The van der Waals surface area contributed by atoms with Gasteiger partial charge in [0, 0.05) is 47.9 Å². The van der Waals surface area contributed by atoms with E-state index in [0.29, 0.717) is 46.0 Å². The number of nitrogens with zero attached hydrogens (tertiary/aromatic N) is 4. The zero-order chi connectivity index (χ0) is 34.1. The standard InChI is InChI=1S/C39H50FN7O2/c1-25(2)18-29-22-47(23-35(29)48)38(49)45-33-20-30(40)19-31(26(33)3)36-32-21-34(44-37(32)43-24-42-36)28-6-4-27(5-7-28)8-15-46-16-11-39(12-17-46)9-13-41-14-10-39/h4-7,19-21,24-25,29,35,41,48H,8-18,22-23H2,1-3H3,(H,45,49)(H,42,43,44)/t29-,35+/m1/s1. The van der Waals surface area contributed by atoms with Crippen molar-refractivity contribution < 1.29 is 14.3 Å². The van der Waals surface area contributed by atoms with E-state index in [0.717, 1.165) is 36.0 Å². The number of likely N-dealkylation sites (tertiary alicyclic amines) is 2. The highest BCUT2D eigenvalue weighted by molar-refractivity contribution is 5.97. The average Bonchev–Trinajstić information content (AvgIpc) is 3.70. The average molecular weight is 668 g/mol. The molecule has 9 nitrogen and oxygen atoms in total. The molecule has 2 atom stereocenters. The van der Waals surface area contributed by atoms with Gasteiger partial charge in [-0.05, 0) is 118 Å². The Morgan fingerprint density at radius 1 is 1.06 bits per heavy atom. The third kappa shape index (κ3) is 7.37. The maximum atomic E-state index is 15.1. The quantitative estimate of drug-likeness (QED) is 0.168. The van der Waals surface area contributed by atoms with Gasteiger partial charge in [-0.25, -0.2) is 19.2 Å². The van der Waals surface area contributed by atoms with Crippen LogP contribution in [0.25, 0.3) is 33.5 Å². The van der Waals surface area contributed by atoms with E-state index in [-0.39, 0.29) is 18.5 Å². The lowest BCUT2D eigenvalue weighted by Crippen LogP contribution is -2.45. The fourth-order valence-electron chi connectivity index (χ4n) is 8.26. The predicted octanol–water partition coefficient (Wildman–Crippen LogP) is 6.62. The van der Waals surface area contributed by atoms with Crippen LogP contribution < -0.4 is 10.6 Å². The van der Waals surface area contributed by atoms with E-state index in [1.807, 2.05) is 13.0 Å². The van der Waals surface area contributed by atoms with E-state index in [1.54, 1.807) is 4.90 Å². The van der Waals surface area contributed by atoms with E-state index in [4.69, 9.17) is 0 Å². The summed E-state index contributed by atoms with van der Waals surface area (Å²) in [6.07, 6.45) is 8.11. The van der Waals surface area contributed by atoms with Crippen LogP contribution in [0.3, 0.4) is 0 Å². The Morgan fingerprint density at radius 2 is 1.82 bits per heavy atom. The molecular formula is C39H50FN7O2. The van der Waals surface area contributed by atoms with E-state index in [2.05, 4.69) is 68.6 Å². The summed E-state index contributed by atoms with van der Waals surface area (Å²) < 4.78 is 15.1. The van der Waals surface area contributed by atoms with Crippen LogP contribution in [0, 0.1) is 30.0 Å². The molecule has 0 saturated carbocycles. The minimum Gasteiger partial charge on any atom is -0.391 e. The van der Waals surface area contributed by atoms with Crippen molar-refractivity contribution in [3.05, 3.63) is 65.7 Å². The normalized spacial score (nSPS) is 21.2. The number of aliphatic hydroxyl groups is 1. The van der Waals surface area contributed by atoms with Crippen molar-refractivity contribution in [2.45, 2.75) is 65.4 Å². The number of aromatic amines is 1. The number of H-pyrrole nitrogens is 1. The Labute approximate surface area is 288 Å². The Balaban J connectivity index is 1.04. The molecule has 49 heavy (non-hydrogen) atoms. The van der Waals surface area contributed by atoms with Crippen LogP contribution in [-0.2, 0) is 6.42 Å². The largest absolute Gasteiger partial charge is 0.391 e. The maximum absolute atomic E-state index is 15.1. The molecule has 1 spiro atoms. The molecule has 0 unspecified atom stereocenters. The second-order valence-electron chi connectivity index (χ2n) is 15.1. The molecule has 2 aromatic heterocycles. The molecule has 0 radical (unpaired) electrons. The van der Waals surface area contributed by atoms with E-state index >= 15 is 4.39 Å². The minimum absolute atomic E-state index is 0.0370. The lowest BCUT2D eigenvalue weighted by atomic mass is 9.71. The second kappa shape index (κ2) is 14.2. The minimum atomic E-state index is -0.558. The summed E-state index contributed by atoms with van der Waals surface area (Å²) in [6, 6.07) is 13.2. The summed E-state index contributed by atoms with van der Waals surface area (Å²) in [5.74, 6) is -0.00542. The van der Waals surface area contributed by atoms with Gasteiger partial charge in [0.2, 0.25) is 0 Å². The summed E-state index contributed by atoms with van der Waals surface area (Å²) in [6.45, 7) is 12.7. The van der Waals surface area contributed by atoms with Gasteiger partial charge in [0.15, 0.2) is 0 Å². The van der Waals surface area contributed by atoms with Gasteiger partial charge < -0.3 is 30.5 Å². The Kier molecular flexibility index (Phi) is 9.72. The third-order valence-corrected chi connectivity index (χ3v) is 11.3. The van der Waals surface area contributed by atoms with Crippen molar-refractivity contribution >= 4 is 22.8 Å². The molecule has 10 heteroatoms. The number of carbonyl (C=O) groups is 1. The number of anilines is 1. The second-order valence-corrected chi connectivity index (χ2v) is 15.1. The molecule has 0 aliphatic carbocycles. The van der Waals surface area contributed by atoms with E-state index in [1.165, 1.54) is 75.9 Å². The first-order valence-electron chi connectivity index (χ1n) is 18.1. The Morgan fingerprint density at radius 3 is 2.55 bits per heavy atom. The van der Waals surface area contributed by atoms with Gasteiger partial charge in [0.1, 0.15) is 17.8 Å². The number of halogens is 1. The number of piperidine rings is 2. The topological polar surface area (TPSA) is 109 Å². The summed E-state index contributed by atoms with van der Waals surface area (Å²) >= 11 is 0. The monoisotopic (exact) mass is 667 g/mol. The highest BCUT2D eigenvalue weighted by atomic mass is 19.1. The van der Waals surface area contributed by atoms with Crippen molar-refractivity contribution in [3.8, 4) is 22.5 Å². The van der Waals surface area contributed by atoms with Gasteiger partial charge in [-0.1, -0.05) is 38.1 Å². The fraction of sp³-hybridized carbons (Fsp3) is 0.513. The lowest BCUT2D eigenvalue weighted by Gasteiger charge is -2.44. The van der Waals surface area contributed by atoms with Gasteiger partial charge >= 0.3 is 6.03 Å². The molecule has 2 amide bonds. The van der Waals surface area contributed by atoms with Crippen LogP contribution in [0.2, 0.25) is 0 Å². The lowest BCUT2D eigenvalue weighted by molar-refractivity contribution is 0.0746. The van der Waals surface area contributed by atoms with Crippen molar-refractivity contribution in [2.24, 2.45) is 17.3 Å². The van der Waals surface area contributed by atoms with E-state index < -0.39 is 11.9 Å². The van der Waals surface area contributed by atoms with E-state index in [9.17, 15) is 9.90 Å². The van der Waals surface area contributed by atoms with Crippen molar-refractivity contribution in [1.82, 2.24) is 30.1 Å². The number of β-amino-alcohol motifs (C(OH)–C–C–N with tert-alkyl or cyclic N) is 1. The number of nitrogens with one attached hydrogen (secondary N) is 3.